The maximum absolute atomic E-state index is 6.05. The van der Waals surface area contributed by atoms with E-state index in [2.05, 4.69) is 56.7 Å². The van der Waals surface area contributed by atoms with Crippen LogP contribution >= 0.6 is 45.8 Å². The lowest BCUT2D eigenvalue weighted by Gasteiger charge is -2.10. The van der Waals surface area contributed by atoms with Gasteiger partial charge in [-0.15, -0.1) is 0 Å². The van der Waals surface area contributed by atoms with Gasteiger partial charge in [-0.25, -0.2) is 15.0 Å². The fourth-order valence-electron chi connectivity index (χ4n) is 2.07. The van der Waals surface area contributed by atoms with Gasteiger partial charge in [-0.3, -0.25) is 0 Å². The third-order valence-corrected chi connectivity index (χ3v) is 4.35. The van der Waals surface area contributed by atoms with Crippen LogP contribution < -0.4 is 5.32 Å². The lowest BCUT2D eigenvalue weighted by atomic mass is 10.3. The van der Waals surface area contributed by atoms with Crippen molar-refractivity contribution in [3.05, 3.63) is 38.4 Å². The van der Waals surface area contributed by atoms with Crippen LogP contribution in [0.4, 0.5) is 11.5 Å². The Morgan fingerprint density at radius 1 is 1.18 bits per heavy atom. The molecule has 0 aliphatic rings. The summed E-state index contributed by atoms with van der Waals surface area (Å²) in [4.78, 5) is 13.3. The molecule has 0 amide bonds. The Morgan fingerprint density at radius 2 is 1.95 bits per heavy atom. The van der Waals surface area contributed by atoms with Crippen LogP contribution in [0.3, 0.4) is 0 Å². The standard InChI is InChI=1S/C14H12Cl2IN5/c1-7(2)22-6-18-11-12(20-14(17)21-13(11)22)19-8-3-4-9(15)10(16)5-8/h3-7H,1-2H3,(H,19,20,21). The molecule has 0 bridgehead atoms. The van der Waals surface area contributed by atoms with Gasteiger partial charge in [-0.05, 0) is 32.0 Å². The Balaban J connectivity index is 2.08. The molecule has 0 saturated carbocycles. The number of rotatable bonds is 3. The van der Waals surface area contributed by atoms with Crippen LogP contribution in [0.5, 0.6) is 0 Å². The molecule has 22 heavy (non-hydrogen) atoms. The normalized spacial score (nSPS) is 11.4. The summed E-state index contributed by atoms with van der Waals surface area (Å²) in [6.45, 7) is 4.17. The molecule has 114 valence electrons. The molecule has 3 rings (SSSR count). The molecule has 8 heteroatoms. The van der Waals surface area contributed by atoms with Gasteiger partial charge in [0.1, 0.15) is 0 Å². The van der Waals surface area contributed by atoms with E-state index in [0.717, 1.165) is 16.9 Å². The van der Waals surface area contributed by atoms with Crippen LogP contribution in [-0.4, -0.2) is 19.5 Å². The van der Waals surface area contributed by atoms with Gasteiger partial charge in [0, 0.05) is 34.3 Å². The van der Waals surface area contributed by atoms with E-state index in [-0.39, 0.29) is 6.04 Å². The minimum absolute atomic E-state index is 0.272. The highest BCUT2D eigenvalue weighted by Crippen LogP contribution is 2.29. The molecule has 0 aliphatic carbocycles. The number of hydrogen-bond acceptors (Lipinski definition) is 4. The first kappa shape index (κ1) is 15.8. The Labute approximate surface area is 151 Å². The number of hydrogen-bond donors (Lipinski definition) is 1. The van der Waals surface area contributed by atoms with Gasteiger partial charge in [-0.1, -0.05) is 23.2 Å². The van der Waals surface area contributed by atoms with E-state index in [4.69, 9.17) is 23.2 Å². The maximum atomic E-state index is 6.05. The fraction of sp³-hybridized carbons (Fsp3) is 0.214. The third kappa shape index (κ3) is 3.00. The lowest BCUT2D eigenvalue weighted by molar-refractivity contribution is 0.612. The number of nitrogens with zero attached hydrogens (tertiary/aromatic N) is 4. The first-order valence-corrected chi connectivity index (χ1v) is 8.41. The largest absolute Gasteiger partial charge is 0.338 e. The first-order chi connectivity index (χ1) is 10.5. The summed E-state index contributed by atoms with van der Waals surface area (Å²) < 4.78 is 2.66. The predicted molar refractivity (Wildman–Crippen MR) is 98.2 cm³/mol. The number of nitrogens with one attached hydrogen (secondary N) is 1. The Bertz CT molecular complexity index is 847. The van der Waals surface area contributed by atoms with E-state index in [1.165, 1.54) is 0 Å². The van der Waals surface area contributed by atoms with Crippen LogP contribution in [0.2, 0.25) is 10.0 Å². The molecule has 2 heterocycles. The molecule has 0 aliphatic heterocycles. The summed E-state index contributed by atoms with van der Waals surface area (Å²) in [7, 11) is 0. The van der Waals surface area contributed by atoms with Crippen LogP contribution in [0.1, 0.15) is 19.9 Å². The van der Waals surface area contributed by atoms with Crippen molar-refractivity contribution < 1.29 is 0 Å². The Kier molecular flexibility index (Phi) is 4.42. The second kappa shape index (κ2) is 6.17. The van der Waals surface area contributed by atoms with Gasteiger partial charge >= 0.3 is 0 Å². The third-order valence-electron chi connectivity index (χ3n) is 3.13. The molecule has 0 spiro atoms. The van der Waals surface area contributed by atoms with Crippen molar-refractivity contribution in [1.29, 1.82) is 0 Å². The first-order valence-electron chi connectivity index (χ1n) is 6.58. The second-order valence-electron chi connectivity index (χ2n) is 5.01. The number of benzene rings is 1. The SMILES string of the molecule is CC(C)n1cnc2c(Nc3ccc(Cl)c(Cl)c3)nc(I)nc21. The van der Waals surface area contributed by atoms with Gasteiger partial charge in [0.05, 0.1) is 16.4 Å². The number of imidazole rings is 1. The molecular formula is C14H12Cl2IN5. The number of fused-ring (bicyclic) bond motifs is 1. The minimum atomic E-state index is 0.272. The highest BCUT2D eigenvalue weighted by Gasteiger charge is 2.14. The summed E-state index contributed by atoms with van der Waals surface area (Å²) >= 11 is 14.1. The molecule has 0 saturated heterocycles. The van der Waals surface area contributed by atoms with E-state index < -0.39 is 0 Å². The molecule has 0 atom stereocenters. The molecule has 1 aromatic carbocycles. The van der Waals surface area contributed by atoms with Crippen LogP contribution in [0.25, 0.3) is 11.2 Å². The zero-order chi connectivity index (χ0) is 15.9. The second-order valence-corrected chi connectivity index (χ2v) is 6.79. The smallest absolute Gasteiger partial charge is 0.194 e. The summed E-state index contributed by atoms with van der Waals surface area (Å²) in [5.41, 5.74) is 2.32. The van der Waals surface area contributed by atoms with Crippen molar-refractivity contribution >= 4 is 68.5 Å². The van der Waals surface area contributed by atoms with Gasteiger partial charge in [0.2, 0.25) is 0 Å². The molecule has 0 radical (unpaired) electrons. The average molecular weight is 448 g/mol. The molecular weight excluding hydrogens is 436 g/mol. The molecule has 0 unspecified atom stereocenters. The van der Waals surface area contributed by atoms with Gasteiger partial charge in [0.15, 0.2) is 20.8 Å². The van der Waals surface area contributed by atoms with Crippen LogP contribution in [0.15, 0.2) is 24.5 Å². The van der Waals surface area contributed by atoms with E-state index in [1.807, 2.05) is 10.6 Å². The van der Waals surface area contributed by atoms with Gasteiger partial charge in [-0.2, -0.15) is 0 Å². The van der Waals surface area contributed by atoms with Crippen molar-refractivity contribution in [2.45, 2.75) is 19.9 Å². The van der Waals surface area contributed by atoms with Crippen molar-refractivity contribution in [1.82, 2.24) is 19.5 Å². The predicted octanol–water partition coefficient (Wildman–Crippen LogP) is 5.06. The average Bonchev–Trinajstić information content (AvgIpc) is 2.87. The van der Waals surface area contributed by atoms with Crippen LogP contribution in [0, 0.1) is 3.83 Å². The highest BCUT2D eigenvalue weighted by molar-refractivity contribution is 14.1. The quantitative estimate of drug-likeness (QED) is 0.450. The zero-order valence-corrected chi connectivity index (χ0v) is 15.5. The van der Waals surface area contributed by atoms with Gasteiger partial charge < -0.3 is 9.88 Å². The minimum Gasteiger partial charge on any atom is -0.338 e. The highest BCUT2D eigenvalue weighted by atomic mass is 127. The summed E-state index contributed by atoms with van der Waals surface area (Å²) in [6.07, 6.45) is 1.78. The maximum Gasteiger partial charge on any atom is 0.194 e. The number of anilines is 2. The van der Waals surface area contributed by atoms with Crippen molar-refractivity contribution in [2.75, 3.05) is 5.32 Å². The van der Waals surface area contributed by atoms with Crippen molar-refractivity contribution in [3.63, 3.8) is 0 Å². The van der Waals surface area contributed by atoms with E-state index in [1.54, 1.807) is 18.5 Å². The van der Waals surface area contributed by atoms with Gasteiger partial charge in [0.25, 0.3) is 0 Å². The van der Waals surface area contributed by atoms with Crippen molar-refractivity contribution in [2.24, 2.45) is 0 Å². The molecule has 5 nitrogen and oxygen atoms in total. The molecule has 0 fully saturated rings. The van der Waals surface area contributed by atoms with E-state index >= 15 is 0 Å². The van der Waals surface area contributed by atoms with E-state index in [0.29, 0.717) is 19.7 Å². The number of halogens is 3. The number of aromatic nitrogens is 4. The molecule has 1 N–H and O–H groups in total. The monoisotopic (exact) mass is 447 g/mol. The summed E-state index contributed by atoms with van der Waals surface area (Å²) in [6, 6.07) is 5.61. The summed E-state index contributed by atoms with van der Waals surface area (Å²) in [5, 5.41) is 4.23. The zero-order valence-electron chi connectivity index (χ0n) is 11.8. The van der Waals surface area contributed by atoms with Crippen LogP contribution in [-0.2, 0) is 0 Å². The molecule has 2 aromatic heterocycles. The lowest BCUT2D eigenvalue weighted by Crippen LogP contribution is -2.03. The summed E-state index contributed by atoms with van der Waals surface area (Å²) in [5.74, 6) is 0.646. The topological polar surface area (TPSA) is 55.6 Å². The molecule has 3 aromatic rings. The van der Waals surface area contributed by atoms with E-state index in [9.17, 15) is 0 Å². The Morgan fingerprint density at radius 3 is 2.64 bits per heavy atom. The Hall–Kier alpha value is -1.12. The fourth-order valence-corrected chi connectivity index (χ4v) is 2.83. The van der Waals surface area contributed by atoms with Crippen molar-refractivity contribution in [3.8, 4) is 0 Å².